The van der Waals surface area contributed by atoms with Gasteiger partial charge in [-0.15, -0.1) is 0 Å². The number of rotatable bonds is 3. The molecule has 1 aliphatic heterocycles. The summed E-state index contributed by atoms with van der Waals surface area (Å²) in [7, 11) is 0. The van der Waals surface area contributed by atoms with Crippen LogP contribution in [0.1, 0.15) is 63.4 Å². The van der Waals surface area contributed by atoms with E-state index in [1.807, 2.05) is 41.3 Å². The normalized spacial score (nSPS) is 18.1. The third kappa shape index (κ3) is 5.53. The Morgan fingerprint density at radius 1 is 1.00 bits per heavy atom. The van der Waals surface area contributed by atoms with Crippen LogP contribution in [0.15, 0.2) is 42.6 Å². The molecule has 5 heteroatoms. The molecule has 0 unspecified atom stereocenters. The molecule has 1 aromatic carbocycles. The molecule has 2 aliphatic rings. The lowest BCUT2D eigenvalue weighted by Crippen LogP contribution is -2.32. The Morgan fingerprint density at radius 3 is 2.67 bits per heavy atom. The van der Waals surface area contributed by atoms with E-state index in [0.717, 1.165) is 55.9 Å². The summed E-state index contributed by atoms with van der Waals surface area (Å²) >= 11 is 0. The van der Waals surface area contributed by atoms with Gasteiger partial charge >= 0.3 is 0 Å². The summed E-state index contributed by atoms with van der Waals surface area (Å²) in [4.78, 5) is 19.5. The molecule has 30 heavy (non-hydrogen) atoms. The van der Waals surface area contributed by atoms with E-state index in [2.05, 4.69) is 4.98 Å². The largest absolute Gasteiger partial charge is 0.490 e. The smallest absolute Gasteiger partial charge is 0.224 e. The number of benzene rings is 1. The monoisotopic (exact) mass is 408 g/mol. The highest BCUT2D eigenvalue weighted by atomic mass is 16.5. The molecule has 0 bridgehead atoms. The zero-order chi connectivity index (χ0) is 20.6. The Hall–Kier alpha value is -2.56. The van der Waals surface area contributed by atoms with Gasteiger partial charge in [0.2, 0.25) is 11.8 Å². The quantitative estimate of drug-likeness (QED) is 0.650. The van der Waals surface area contributed by atoms with Crippen molar-refractivity contribution in [2.24, 2.45) is 5.92 Å². The molecule has 2 aromatic rings. The van der Waals surface area contributed by atoms with Gasteiger partial charge in [-0.2, -0.15) is 0 Å². The Balaban J connectivity index is 1.53. The lowest BCUT2D eigenvalue weighted by molar-refractivity contribution is -0.132. The molecule has 0 spiro atoms. The maximum absolute atomic E-state index is 13.0. The van der Waals surface area contributed by atoms with Crippen LogP contribution in [0.25, 0.3) is 0 Å². The fraction of sp³-hybridized carbons (Fsp3) is 0.520. The van der Waals surface area contributed by atoms with E-state index in [9.17, 15) is 4.79 Å². The number of ether oxygens (including phenoxy) is 2. The molecule has 0 N–H and O–H groups in total. The van der Waals surface area contributed by atoms with E-state index in [-0.39, 0.29) is 5.91 Å². The molecule has 2 heterocycles. The lowest BCUT2D eigenvalue weighted by atomic mass is 9.82. The molecular formula is C25H32N2O3. The van der Waals surface area contributed by atoms with Crippen molar-refractivity contribution in [1.29, 1.82) is 0 Å². The van der Waals surface area contributed by atoms with E-state index in [1.165, 1.54) is 19.3 Å². The lowest BCUT2D eigenvalue weighted by Gasteiger charge is -2.28. The van der Waals surface area contributed by atoms with Crippen LogP contribution in [0.4, 0.5) is 0 Å². The van der Waals surface area contributed by atoms with Crippen LogP contribution >= 0.6 is 0 Å². The summed E-state index contributed by atoms with van der Waals surface area (Å²) in [5.41, 5.74) is 0.932. The Kier molecular flexibility index (Phi) is 7.22. The predicted octanol–water partition coefficient (Wildman–Crippen LogP) is 5.74. The first-order chi connectivity index (χ1) is 14.8. The number of amides is 1. The molecular weight excluding hydrogens is 376 g/mol. The Morgan fingerprint density at radius 2 is 1.83 bits per heavy atom. The van der Waals surface area contributed by atoms with Gasteiger partial charge in [0, 0.05) is 24.7 Å². The van der Waals surface area contributed by atoms with Crippen LogP contribution < -0.4 is 9.47 Å². The number of para-hydroxylation sites is 2. The van der Waals surface area contributed by atoms with Crippen molar-refractivity contribution in [2.45, 2.75) is 64.3 Å². The first-order valence-corrected chi connectivity index (χ1v) is 11.4. The van der Waals surface area contributed by atoms with Crippen molar-refractivity contribution in [2.75, 3.05) is 13.2 Å². The first-order valence-electron chi connectivity index (χ1n) is 11.4. The molecule has 0 atom stereocenters. The number of carbonyl (C=O) groups excluding carboxylic acids is 1. The van der Waals surface area contributed by atoms with Crippen molar-refractivity contribution in [3.8, 4) is 17.4 Å². The van der Waals surface area contributed by atoms with Crippen molar-refractivity contribution in [3.63, 3.8) is 0 Å². The van der Waals surface area contributed by atoms with Crippen LogP contribution in [-0.2, 0) is 11.3 Å². The van der Waals surface area contributed by atoms with Crippen molar-refractivity contribution < 1.29 is 14.3 Å². The number of fused-ring (bicyclic) bond motifs is 2. The van der Waals surface area contributed by atoms with E-state index >= 15 is 0 Å². The number of pyridine rings is 1. The van der Waals surface area contributed by atoms with Crippen LogP contribution in [0.5, 0.6) is 17.4 Å². The minimum Gasteiger partial charge on any atom is -0.490 e. The van der Waals surface area contributed by atoms with Crippen molar-refractivity contribution >= 4 is 5.91 Å². The fourth-order valence-electron chi connectivity index (χ4n) is 4.10. The second-order valence-corrected chi connectivity index (χ2v) is 8.43. The Bertz CT molecular complexity index is 835. The van der Waals surface area contributed by atoms with Crippen LogP contribution in [-0.4, -0.2) is 28.9 Å². The highest BCUT2D eigenvalue weighted by Gasteiger charge is 2.22. The zero-order valence-electron chi connectivity index (χ0n) is 17.7. The summed E-state index contributed by atoms with van der Waals surface area (Å²) in [6.07, 6.45) is 11.5. The summed E-state index contributed by atoms with van der Waals surface area (Å²) in [5.74, 6) is 2.95. The minimum atomic E-state index is 0.257. The molecule has 1 amide bonds. The maximum atomic E-state index is 13.0. The summed E-state index contributed by atoms with van der Waals surface area (Å²) in [6.45, 7) is 1.99. The van der Waals surface area contributed by atoms with E-state index in [4.69, 9.17) is 9.47 Å². The molecule has 1 saturated carbocycles. The van der Waals surface area contributed by atoms with Crippen LogP contribution in [0.2, 0.25) is 0 Å². The summed E-state index contributed by atoms with van der Waals surface area (Å²) < 4.78 is 12.1. The molecule has 160 valence electrons. The second-order valence-electron chi connectivity index (χ2n) is 8.43. The third-order valence-corrected chi connectivity index (χ3v) is 6.19. The average Bonchev–Trinajstić information content (AvgIpc) is 2.73. The standard InChI is InChI=1S/C25H32N2O3/c28-24(15-14-20-9-7-10-20)27-17-5-1-2-6-18-29-22-12-3-4-13-23(22)30-25-21(19-27)11-8-16-26-25/h3-4,8,11-13,16,20H,1-2,5-7,9-10,14-15,17-19H2. The second kappa shape index (κ2) is 10.5. The maximum Gasteiger partial charge on any atom is 0.224 e. The van der Waals surface area contributed by atoms with E-state index < -0.39 is 0 Å². The first kappa shape index (κ1) is 20.7. The van der Waals surface area contributed by atoms with Gasteiger partial charge in [0.05, 0.1) is 13.2 Å². The molecule has 1 aliphatic carbocycles. The molecule has 0 radical (unpaired) electrons. The summed E-state index contributed by atoms with van der Waals surface area (Å²) in [6, 6.07) is 11.6. The molecule has 5 nitrogen and oxygen atoms in total. The molecule has 4 rings (SSSR count). The van der Waals surface area contributed by atoms with Gasteiger partial charge in [0.1, 0.15) is 0 Å². The summed E-state index contributed by atoms with van der Waals surface area (Å²) in [5, 5.41) is 0. The van der Waals surface area contributed by atoms with Crippen molar-refractivity contribution in [1.82, 2.24) is 9.88 Å². The third-order valence-electron chi connectivity index (χ3n) is 6.19. The van der Waals surface area contributed by atoms with Gasteiger partial charge in [0.15, 0.2) is 11.5 Å². The number of aromatic nitrogens is 1. The van der Waals surface area contributed by atoms with Gasteiger partial charge < -0.3 is 14.4 Å². The number of hydrogen-bond donors (Lipinski definition) is 0. The highest BCUT2D eigenvalue weighted by molar-refractivity contribution is 5.76. The fourth-order valence-corrected chi connectivity index (χ4v) is 4.10. The van der Waals surface area contributed by atoms with Crippen LogP contribution in [0, 0.1) is 5.92 Å². The Labute approximate surface area is 179 Å². The SMILES string of the molecule is O=C(CCC1CCC1)N1CCCCCCOc2ccccc2Oc2ncccc2C1. The minimum absolute atomic E-state index is 0.257. The predicted molar refractivity (Wildman–Crippen MR) is 117 cm³/mol. The number of carbonyl (C=O) groups is 1. The molecule has 0 saturated heterocycles. The van der Waals surface area contributed by atoms with Gasteiger partial charge in [-0.05, 0) is 43.4 Å². The highest BCUT2D eigenvalue weighted by Crippen LogP contribution is 2.33. The van der Waals surface area contributed by atoms with E-state index in [0.29, 0.717) is 31.2 Å². The molecule has 1 fully saturated rings. The van der Waals surface area contributed by atoms with Gasteiger partial charge in [-0.25, -0.2) is 4.98 Å². The van der Waals surface area contributed by atoms with E-state index in [1.54, 1.807) is 6.20 Å². The molecule has 1 aromatic heterocycles. The number of nitrogens with zero attached hydrogens (tertiary/aromatic N) is 2. The van der Waals surface area contributed by atoms with Gasteiger partial charge in [-0.3, -0.25) is 4.79 Å². The van der Waals surface area contributed by atoms with Crippen molar-refractivity contribution in [3.05, 3.63) is 48.2 Å². The van der Waals surface area contributed by atoms with Gasteiger partial charge in [0.25, 0.3) is 0 Å². The average molecular weight is 409 g/mol. The van der Waals surface area contributed by atoms with Crippen LogP contribution in [0.3, 0.4) is 0 Å². The number of hydrogen-bond acceptors (Lipinski definition) is 4. The zero-order valence-corrected chi connectivity index (χ0v) is 17.7. The van der Waals surface area contributed by atoms with Gasteiger partial charge in [-0.1, -0.05) is 50.3 Å². The topological polar surface area (TPSA) is 51.7 Å².